The standard InChI is InChI=1S/C22H19ClN4O3/c23-16-6-7-18-19(10-16)29-22(26-18)24-11-14-8-9-27(13-14)21(28)17-12-25-30-20(17)15-4-2-1-3-5-15/h1-7,10,12,14H,8-9,11,13H2,(H,24,26). The van der Waals surface area contributed by atoms with Crippen LogP contribution in [0, 0.1) is 5.92 Å². The average molecular weight is 423 g/mol. The van der Waals surface area contributed by atoms with Crippen LogP contribution in [0.4, 0.5) is 6.01 Å². The van der Waals surface area contributed by atoms with Gasteiger partial charge >= 0.3 is 0 Å². The van der Waals surface area contributed by atoms with E-state index in [-0.39, 0.29) is 5.91 Å². The molecule has 0 spiro atoms. The maximum Gasteiger partial charge on any atom is 0.295 e. The zero-order valence-corrected chi connectivity index (χ0v) is 16.8. The van der Waals surface area contributed by atoms with Crippen LogP contribution in [-0.4, -0.2) is 40.6 Å². The van der Waals surface area contributed by atoms with Gasteiger partial charge in [-0.25, -0.2) is 0 Å². The molecule has 0 bridgehead atoms. The van der Waals surface area contributed by atoms with Crippen molar-refractivity contribution in [2.75, 3.05) is 25.0 Å². The van der Waals surface area contributed by atoms with Crippen LogP contribution in [0.1, 0.15) is 16.8 Å². The molecule has 5 rings (SSSR count). The molecule has 1 unspecified atom stereocenters. The maximum absolute atomic E-state index is 13.0. The van der Waals surface area contributed by atoms with E-state index in [0.717, 1.165) is 17.5 Å². The van der Waals surface area contributed by atoms with Gasteiger partial charge in [0.15, 0.2) is 11.3 Å². The quantitative estimate of drug-likeness (QED) is 0.501. The number of halogens is 1. The number of oxazole rings is 1. The SMILES string of the molecule is O=C(c1cnoc1-c1ccccc1)N1CCC(CNc2nc3ccc(Cl)cc3o2)C1. The molecule has 1 atom stereocenters. The van der Waals surface area contributed by atoms with Crippen molar-refractivity contribution in [1.29, 1.82) is 0 Å². The van der Waals surface area contributed by atoms with Crippen molar-refractivity contribution in [3.63, 3.8) is 0 Å². The Morgan fingerprint density at radius 1 is 1.23 bits per heavy atom. The van der Waals surface area contributed by atoms with Gasteiger partial charge in [0.1, 0.15) is 11.1 Å². The molecule has 1 aliphatic heterocycles. The largest absolute Gasteiger partial charge is 0.424 e. The van der Waals surface area contributed by atoms with Gasteiger partial charge < -0.3 is 19.2 Å². The molecule has 8 heteroatoms. The third-order valence-electron chi connectivity index (χ3n) is 5.30. The molecule has 1 fully saturated rings. The molecule has 2 aromatic carbocycles. The summed E-state index contributed by atoms with van der Waals surface area (Å²) in [6.45, 7) is 2.00. The normalized spacial score (nSPS) is 16.3. The first-order valence-electron chi connectivity index (χ1n) is 9.77. The summed E-state index contributed by atoms with van der Waals surface area (Å²) in [7, 11) is 0. The zero-order valence-electron chi connectivity index (χ0n) is 16.0. The predicted molar refractivity (Wildman–Crippen MR) is 113 cm³/mol. The van der Waals surface area contributed by atoms with E-state index in [1.54, 1.807) is 12.1 Å². The Morgan fingerprint density at radius 2 is 2.10 bits per heavy atom. The minimum Gasteiger partial charge on any atom is -0.424 e. The van der Waals surface area contributed by atoms with Crippen LogP contribution in [0.25, 0.3) is 22.4 Å². The number of nitrogens with one attached hydrogen (secondary N) is 1. The van der Waals surface area contributed by atoms with Crippen LogP contribution in [0.3, 0.4) is 0 Å². The van der Waals surface area contributed by atoms with Gasteiger partial charge in [0, 0.05) is 36.3 Å². The smallest absolute Gasteiger partial charge is 0.295 e. The number of fused-ring (bicyclic) bond motifs is 1. The van der Waals surface area contributed by atoms with Gasteiger partial charge in [-0.3, -0.25) is 4.79 Å². The Morgan fingerprint density at radius 3 is 2.97 bits per heavy atom. The fourth-order valence-electron chi connectivity index (χ4n) is 3.75. The van der Waals surface area contributed by atoms with Crippen molar-refractivity contribution in [1.82, 2.24) is 15.0 Å². The summed E-state index contributed by atoms with van der Waals surface area (Å²) in [5, 5.41) is 7.70. The first-order valence-corrected chi connectivity index (χ1v) is 10.1. The molecule has 0 saturated carbocycles. The number of hydrogen-bond donors (Lipinski definition) is 1. The highest BCUT2D eigenvalue weighted by Gasteiger charge is 2.30. The summed E-state index contributed by atoms with van der Waals surface area (Å²) in [6.07, 6.45) is 2.40. The lowest BCUT2D eigenvalue weighted by molar-refractivity contribution is 0.0788. The Labute approximate surface area is 177 Å². The number of hydrogen-bond acceptors (Lipinski definition) is 6. The van der Waals surface area contributed by atoms with Crippen molar-refractivity contribution in [3.05, 3.63) is 65.3 Å². The van der Waals surface area contributed by atoms with Crippen molar-refractivity contribution in [2.45, 2.75) is 6.42 Å². The number of benzene rings is 2. The minimum absolute atomic E-state index is 0.0610. The molecular weight excluding hydrogens is 404 g/mol. The second-order valence-electron chi connectivity index (χ2n) is 7.35. The number of rotatable bonds is 5. The summed E-state index contributed by atoms with van der Waals surface area (Å²) >= 11 is 5.99. The van der Waals surface area contributed by atoms with Crippen LogP contribution >= 0.6 is 11.6 Å². The molecule has 1 aliphatic rings. The summed E-state index contributed by atoms with van der Waals surface area (Å²) in [5.41, 5.74) is 2.73. The third kappa shape index (κ3) is 3.64. The fraction of sp³-hybridized carbons (Fsp3) is 0.227. The fourth-order valence-corrected chi connectivity index (χ4v) is 3.91. The van der Waals surface area contributed by atoms with Gasteiger partial charge in [-0.15, -0.1) is 0 Å². The van der Waals surface area contributed by atoms with Crippen LogP contribution in [0.2, 0.25) is 5.02 Å². The van der Waals surface area contributed by atoms with Gasteiger partial charge in [0.2, 0.25) is 0 Å². The molecule has 3 heterocycles. The summed E-state index contributed by atoms with van der Waals surface area (Å²) in [5.74, 6) is 0.744. The van der Waals surface area contributed by atoms with E-state index in [2.05, 4.69) is 15.5 Å². The Bertz CT molecular complexity index is 1190. The van der Waals surface area contributed by atoms with Crippen LogP contribution < -0.4 is 5.32 Å². The van der Waals surface area contributed by atoms with Crippen molar-refractivity contribution < 1.29 is 13.7 Å². The maximum atomic E-state index is 13.0. The number of nitrogens with zero attached hydrogens (tertiary/aromatic N) is 3. The van der Waals surface area contributed by atoms with Gasteiger partial charge in [0.25, 0.3) is 11.9 Å². The summed E-state index contributed by atoms with van der Waals surface area (Å²) in [4.78, 5) is 19.3. The van der Waals surface area contributed by atoms with E-state index in [9.17, 15) is 4.79 Å². The van der Waals surface area contributed by atoms with E-state index in [0.29, 0.717) is 53.5 Å². The number of anilines is 1. The molecule has 4 aromatic rings. The molecule has 30 heavy (non-hydrogen) atoms. The Kier molecular flexibility index (Phi) is 4.88. The van der Waals surface area contributed by atoms with E-state index >= 15 is 0 Å². The summed E-state index contributed by atoms with van der Waals surface area (Å²) in [6, 6.07) is 15.4. The predicted octanol–water partition coefficient (Wildman–Crippen LogP) is 4.71. The molecule has 1 saturated heterocycles. The van der Waals surface area contributed by atoms with Crippen LogP contribution in [0.15, 0.2) is 63.7 Å². The zero-order chi connectivity index (χ0) is 20.5. The highest BCUT2D eigenvalue weighted by Crippen LogP contribution is 2.27. The average Bonchev–Trinajstić information content (AvgIpc) is 3.51. The molecule has 1 amide bonds. The van der Waals surface area contributed by atoms with Crippen molar-refractivity contribution in [2.24, 2.45) is 5.92 Å². The van der Waals surface area contributed by atoms with Gasteiger partial charge in [-0.05, 0) is 24.5 Å². The van der Waals surface area contributed by atoms with Crippen molar-refractivity contribution in [3.8, 4) is 11.3 Å². The van der Waals surface area contributed by atoms with E-state index in [4.69, 9.17) is 20.5 Å². The van der Waals surface area contributed by atoms with Crippen LogP contribution in [-0.2, 0) is 0 Å². The Hall–Kier alpha value is -3.32. The highest BCUT2D eigenvalue weighted by atomic mass is 35.5. The lowest BCUT2D eigenvalue weighted by Crippen LogP contribution is -2.29. The van der Waals surface area contributed by atoms with Gasteiger partial charge in [-0.1, -0.05) is 47.1 Å². The van der Waals surface area contributed by atoms with Gasteiger partial charge in [0.05, 0.1) is 6.20 Å². The number of carbonyl (C=O) groups excluding carboxylic acids is 1. The van der Waals surface area contributed by atoms with Gasteiger partial charge in [-0.2, -0.15) is 4.98 Å². The topological polar surface area (TPSA) is 84.4 Å². The minimum atomic E-state index is -0.0610. The lowest BCUT2D eigenvalue weighted by Gasteiger charge is -2.16. The molecule has 2 aromatic heterocycles. The Balaban J connectivity index is 1.23. The number of aromatic nitrogens is 2. The van der Waals surface area contributed by atoms with Crippen LogP contribution in [0.5, 0.6) is 0 Å². The molecule has 152 valence electrons. The second kappa shape index (κ2) is 7.84. The monoisotopic (exact) mass is 422 g/mol. The number of carbonyl (C=O) groups is 1. The molecule has 0 aliphatic carbocycles. The first-order chi connectivity index (χ1) is 14.7. The van der Waals surface area contributed by atoms with Crippen molar-refractivity contribution >= 4 is 34.6 Å². The third-order valence-corrected chi connectivity index (χ3v) is 5.54. The van der Waals surface area contributed by atoms with E-state index in [1.807, 2.05) is 41.3 Å². The lowest BCUT2D eigenvalue weighted by atomic mass is 10.1. The molecule has 7 nitrogen and oxygen atoms in total. The molecular formula is C22H19ClN4O3. The molecule has 0 radical (unpaired) electrons. The highest BCUT2D eigenvalue weighted by molar-refractivity contribution is 6.31. The summed E-state index contributed by atoms with van der Waals surface area (Å²) < 4.78 is 11.1. The molecule has 1 N–H and O–H groups in total. The second-order valence-corrected chi connectivity index (χ2v) is 7.79. The number of likely N-dealkylation sites (tertiary alicyclic amines) is 1. The van der Waals surface area contributed by atoms with E-state index in [1.165, 1.54) is 6.20 Å². The first kappa shape index (κ1) is 18.7. The van der Waals surface area contributed by atoms with E-state index < -0.39 is 0 Å². The number of amides is 1.